The summed E-state index contributed by atoms with van der Waals surface area (Å²) in [6.45, 7) is 7.09. The molecule has 3 nitrogen and oxygen atoms in total. The van der Waals surface area contributed by atoms with Crippen LogP contribution >= 0.6 is 0 Å². The summed E-state index contributed by atoms with van der Waals surface area (Å²) in [7, 11) is 0. The van der Waals surface area contributed by atoms with Crippen LogP contribution in [0.2, 0.25) is 0 Å². The van der Waals surface area contributed by atoms with Crippen molar-refractivity contribution in [2.24, 2.45) is 5.73 Å². The molecule has 1 heterocycles. The lowest BCUT2D eigenvalue weighted by Crippen LogP contribution is -2.55. The highest BCUT2D eigenvalue weighted by Crippen LogP contribution is 2.18. The molecule has 1 saturated heterocycles. The summed E-state index contributed by atoms with van der Waals surface area (Å²) in [4.78, 5) is 0. The standard InChI is InChI=1S/C14H23N2O/c15-7-4-8-16(9-11-17-12-10-16)13-14-5-2-1-3-6-14/h1-3,5-6H,4,7-13,15H2/q+1. The van der Waals surface area contributed by atoms with Crippen molar-refractivity contribution in [2.75, 3.05) is 39.4 Å². The first kappa shape index (κ1) is 12.6. The van der Waals surface area contributed by atoms with Crippen LogP contribution in [0.15, 0.2) is 30.3 Å². The minimum Gasteiger partial charge on any atom is -0.370 e. The molecule has 1 aromatic carbocycles. The molecule has 1 aliphatic rings. The highest BCUT2D eigenvalue weighted by molar-refractivity contribution is 5.13. The zero-order valence-corrected chi connectivity index (χ0v) is 10.5. The van der Waals surface area contributed by atoms with Gasteiger partial charge in [0.25, 0.3) is 0 Å². The van der Waals surface area contributed by atoms with E-state index in [1.807, 2.05) is 0 Å². The summed E-state index contributed by atoms with van der Waals surface area (Å²) >= 11 is 0. The number of hydrogen-bond acceptors (Lipinski definition) is 2. The largest absolute Gasteiger partial charge is 0.370 e. The lowest BCUT2D eigenvalue weighted by Gasteiger charge is -2.41. The predicted molar refractivity (Wildman–Crippen MR) is 69.5 cm³/mol. The van der Waals surface area contributed by atoms with Crippen LogP contribution < -0.4 is 5.73 Å². The minimum atomic E-state index is 0.787. The highest BCUT2D eigenvalue weighted by atomic mass is 16.5. The Balaban J connectivity index is 2.04. The number of ether oxygens (including phenoxy) is 1. The molecule has 94 valence electrons. The SMILES string of the molecule is NCCC[N+]1(Cc2ccccc2)CCOCC1. The van der Waals surface area contributed by atoms with Gasteiger partial charge < -0.3 is 15.0 Å². The van der Waals surface area contributed by atoms with Gasteiger partial charge in [0.05, 0.1) is 19.8 Å². The lowest BCUT2D eigenvalue weighted by molar-refractivity contribution is -0.947. The van der Waals surface area contributed by atoms with Crippen molar-refractivity contribution in [3.63, 3.8) is 0 Å². The van der Waals surface area contributed by atoms with Gasteiger partial charge in [0, 0.05) is 12.0 Å². The zero-order valence-electron chi connectivity index (χ0n) is 10.5. The van der Waals surface area contributed by atoms with E-state index in [4.69, 9.17) is 10.5 Å². The first-order valence-corrected chi connectivity index (χ1v) is 6.51. The van der Waals surface area contributed by atoms with Crippen molar-refractivity contribution >= 4 is 0 Å². The van der Waals surface area contributed by atoms with Gasteiger partial charge in [-0.25, -0.2) is 0 Å². The monoisotopic (exact) mass is 235 g/mol. The number of quaternary nitrogens is 1. The topological polar surface area (TPSA) is 35.2 Å². The predicted octanol–water partition coefficient (Wildman–Crippen LogP) is 1.38. The van der Waals surface area contributed by atoms with Crippen molar-refractivity contribution in [1.82, 2.24) is 0 Å². The number of rotatable bonds is 5. The van der Waals surface area contributed by atoms with E-state index in [2.05, 4.69) is 30.3 Å². The normalized spacial score (nSPS) is 19.1. The first-order valence-electron chi connectivity index (χ1n) is 6.51. The number of benzene rings is 1. The Morgan fingerprint density at radius 2 is 1.82 bits per heavy atom. The lowest BCUT2D eigenvalue weighted by atomic mass is 10.1. The Bertz CT molecular complexity index is 320. The molecular weight excluding hydrogens is 212 g/mol. The first-order chi connectivity index (χ1) is 8.35. The molecule has 1 fully saturated rings. The van der Waals surface area contributed by atoms with E-state index in [0.29, 0.717) is 0 Å². The fraction of sp³-hybridized carbons (Fsp3) is 0.571. The van der Waals surface area contributed by atoms with Gasteiger partial charge in [-0.2, -0.15) is 0 Å². The third-order valence-electron chi connectivity index (χ3n) is 3.62. The molecule has 0 spiro atoms. The van der Waals surface area contributed by atoms with Gasteiger partial charge >= 0.3 is 0 Å². The molecule has 0 unspecified atom stereocenters. The van der Waals surface area contributed by atoms with Crippen molar-refractivity contribution in [2.45, 2.75) is 13.0 Å². The molecule has 1 aliphatic heterocycles. The molecule has 0 radical (unpaired) electrons. The van der Waals surface area contributed by atoms with Crippen LogP contribution in [0.25, 0.3) is 0 Å². The summed E-state index contributed by atoms with van der Waals surface area (Å²) in [5.41, 5.74) is 7.08. The Hall–Kier alpha value is -0.900. The van der Waals surface area contributed by atoms with Crippen LogP contribution in [0.1, 0.15) is 12.0 Å². The molecule has 0 saturated carbocycles. The van der Waals surface area contributed by atoms with E-state index in [9.17, 15) is 0 Å². The minimum absolute atomic E-state index is 0.787. The van der Waals surface area contributed by atoms with Gasteiger partial charge in [-0.15, -0.1) is 0 Å². The molecule has 0 amide bonds. The summed E-state index contributed by atoms with van der Waals surface area (Å²) in [5.74, 6) is 0. The van der Waals surface area contributed by atoms with Gasteiger partial charge in [-0.3, -0.25) is 0 Å². The van der Waals surface area contributed by atoms with Gasteiger partial charge in [0.2, 0.25) is 0 Å². The summed E-state index contributed by atoms with van der Waals surface area (Å²) in [6, 6.07) is 10.8. The van der Waals surface area contributed by atoms with Crippen LogP contribution in [0.4, 0.5) is 0 Å². The highest BCUT2D eigenvalue weighted by Gasteiger charge is 2.29. The van der Waals surface area contributed by atoms with Crippen molar-refractivity contribution in [3.8, 4) is 0 Å². The van der Waals surface area contributed by atoms with E-state index >= 15 is 0 Å². The van der Waals surface area contributed by atoms with E-state index in [-0.39, 0.29) is 0 Å². The maximum absolute atomic E-state index is 5.66. The van der Waals surface area contributed by atoms with Gasteiger partial charge in [0.15, 0.2) is 0 Å². The van der Waals surface area contributed by atoms with Gasteiger partial charge in [-0.1, -0.05) is 30.3 Å². The Kier molecular flexibility index (Phi) is 4.54. The second-order valence-corrected chi connectivity index (χ2v) is 4.91. The molecule has 3 heteroatoms. The van der Waals surface area contributed by atoms with Crippen LogP contribution in [0.5, 0.6) is 0 Å². The molecule has 0 atom stereocenters. The summed E-state index contributed by atoms with van der Waals surface area (Å²) in [6.07, 6.45) is 1.10. The number of nitrogens with two attached hydrogens (primary N) is 1. The molecule has 1 aromatic rings. The zero-order chi connectivity index (χ0) is 12.0. The van der Waals surface area contributed by atoms with E-state index in [1.54, 1.807) is 0 Å². The molecule has 2 rings (SSSR count). The number of nitrogens with zero attached hydrogens (tertiary/aromatic N) is 1. The van der Waals surface area contributed by atoms with Crippen LogP contribution in [-0.4, -0.2) is 43.9 Å². The average molecular weight is 235 g/mol. The summed E-state index contributed by atoms with van der Waals surface area (Å²) < 4.78 is 6.64. The maximum atomic E-state index is 5.66. The van der Waals surface area contributed by atoms with Gasteiger partial charge in [0.1, 0.15) is 19.6 Å². The molecular formula is C14H23N2O+. The van der Waals surface area contributed by atoms with Crippen molar-refractivity contribution in [3.05, 3.63) is 35.9 Å². The molecule has 2 N–H and O–H groups in total. The van der Waals surface area contributed by atoms with Crippen molar-refractivity contribution < 1.29 is 9.22 Å². The van der Waals surface area contributed by atoms with Crippen molar-refractivity contribution in [1.29, 1.82) is 0 Å². The average Bonchev–Trinajstić information content (AvgIpc) is 2.39. The summed E-state index contributed by atoms with van der Waals surface area (Å²) in [5, 5.41) is 0. The molecule has 0 aromatic heterocycles. The molecule has 0 bridgehead atoms. The van der Waals surface area contributed by atoms with Crippen LogP contribution in [0, 0.1) is 0 Å². The quantitative estimate of drug-likeness (QED) is 0.783. The molecule has 17 heavy (non-hydrogen) atoms. The van der Waals surface area contributed by atoms with Crippen LogP contribution in [0.3, 0.4) is 0 Å². The van der Waals surface area contributed by atoms with E-state index < -0.39 is 0 Å². The number of hydrogen-bond donors (Lipinski definition) is 1. The van der Waals surface area contributed by atoms with Gasteiger partial charge in [-0.05, 0) is 6.54 Å². The second kappa shape index (κ2) is 6.15. The third-order valence-corrected chi connectivity index (χ3v) is 3.62. The van der Waals surface area contributed by atoms with E-state index in [1.165, 1.54) is 12.1 Å². The fourth-order valence-corrected chi connectivity index (χ4v) is 2.59. The Morgan fingerprint density at radius 1 is 1.12 bits per heavy atom. The fourth-order valence-electron chi connectivity index (χ4n) is 2.59. The Labute approximate surface area is 104 Å². The van der Waals surface area contributed by atoms with Crippen LogP contribution in [-0.2, 0) is 11.3 Å². The van der Waals surface area contributed by atoms with E-state index in [0.717, 1.165) is 50.3 Å². The maximum Gasteiger partial charge on any atom is 0.104 e. The smallest absolute Gasteiger partial charge is 0.104 e. The second-order valence-electron chi connectivity index (χ2n) is 4.91. The Morgan fingerprint density at radius 3 is 2.47 bits per heavy atom. The third kappa shape index (κ3) is 3.53. The molecule has 0 aliphatic carbocycles. The number of morpholine rings is 1.